The van der Waals surface area contributed by atoms with Crippen molar-refractivity contribution in [2.45, 2.75) is 19.6 Å². The molecule has 2 aromatic rings. The maximum absolute atomic E-state index is 12.0. The Morgan fingerprint density at radius 1 is 1.08 bits per heavy atom. The summed E-state index contributed by atoms with van der Waals surface area (Å²) in [5.74, 6) is -0.157. The van der Waals surface area contributed by atoms with Crippen molar-refractivity contribution in [3.05, 3.63) is 71.8 Å². The van der Waals surface area contributed by atoms with E-state index in [1.54, 1.807) is 13.2 Å². The topological polar surface area (TPSA) is 64.6 Å². The summed E-state index contributed by atoms with van der Waals surface area (Å²) in [6.07, 6.45) is 2.08. The van der Waals surface area contributed by atoms with Crippen molar-refractivity contribution < 1.29 is 19.1 Å². The second-order valence-electron chi connectivity index (χ2n) is 5.39. The number of amides is 1. The first-order valence-electron chi connectivity index (χ1n) is 7.93. The third-order valence-electron chi connectivity index (χ3n) is 3.50. The zero-order chi connectivity index (χ0) is 18.1. The highest BCUT2D eigenvalue weighted by molar-refractivity contribution is 5.90. The van der Waals surface area contributed by atoms with E-state index < -0.39 is 12.1 Å². The van der Waals surface area contributed by atoms with Gasteiger partial charge in [-0.1, -0.05) is 42.5 Å². The molecule has 1 N–H and O–H groups in total. The van der Waals surface area contributed by atoms with Crippen LogP contribution in [0.5, 0.6) is 5.75 Å². The van der Waals surface area contributed by atoms with E-state index in [2.05, 4.69) is 5.32 Å². The molecule has 0 aliphatic carbocycles. The summed E-state index contributed by atoms with van der Waals surface area (Å²) < 4.78 is 10.2. The van der Waals surface area contributed by atoms with Crippen molar-refractivity contribution >= 4 is 18.0 Å². The number of nitrogens with one attached hydrogen (secondary N) is 1. The van der Waals surface area contributed by atoms with Crippen LogP contribution in [0, 0.1) is 0 Å². The number of carbonyl (C=O) groups is 2. The van der Waals surface area contributed by atoms with Gasteiger partial charge in [0.25, 0.3) is 5.91 Å². The SMILES string of the molecule is COc1ccc(CNC(=O)[C@@H](C)OC(=O)/C=C/c2ccccc2)cc1. The molecular weight excluding hydrogens is 318 g/mol. The summed E-state index contributed by atoms with van der Waals surface area (Å²) in [5, 5.41) is 2.73. The van der Waals surface area contributed by atoms with Crippen LogP contribution in [0.4, 0.5) is 0 Å². The molecule has 0 unspecified atom stereocenters. The van der Waals surface area contributed by atoms with E-state index in [1.807, 2.05) is 54.6 Å². The first-order valence-corrected chi connectivity index (χ1v) is 7.93. The predicted molar refractivity (Wildman–Crippen MR) is 95.9 cm³/mol. The Balaban J connectivity index is 1.78. The summed E-state index contributed by atoms with van der Waals surface area (Å²) in [4.78, 5) is 23.8. The Kier molecular flexibility index (Phi) is 6.77. The average molecular weight is 339 g/mol. The van der Waals surface area contributed by atoms with E-state index in [0.29, 0.717) is 6.54 Å². The summed E-state index contributed by atoms with van der Waals surface area (Å²) in [6, 6.07) is 16.7. The van der Waals surface area contributed by atoms with Crippen molar-refractivity contribution in [2.75, 3.05) is 7.11 Å². The maximum Gasteiger partial charge on any atom is 0.331 e. The Morgan fingerprint density at radius 2 is 1.76 bits per heavy atom. The zero-order valence-electron chi connectivity index (χ0n) is 14.3. The number of carbonyl (C=O) groups excluding carboxylic acids is 2. The molecule has 1 amide bonds. The van der Waals surface area contributed by atoms with Gasteiger partial charge in [0.2, 0.25) is 0 Å². The lowest BCUT2D eigenvalue weighted by Gasteiger charge is -2.12. The highest BCUT2D eigenvalue weighted by Gasteiger charge is 2.16. The van der Waals surface area contributed by atoms with E-state index >= 15 is 0 Å². The Hall–Kier alpha value is -3.08. The lowest BCUT2D eigenvalue weighted by Crippen LogP contribution is -2.35. The van der Waals surface area contributed by atoms with Crippen LogP contribution < -0.4 is 10.1 Å². The molecule has 2 rings (SSSR count). The number of benzene rings is 2. The standard InChI is InChI=1S/C20H21NO4/c1-15(25-19(22)13-10-16-6-4-3-5-7-16)20(23)21-14-17-8-11-18(24-2)12-9-17/h3-13,15H,14H2,1-2H3,(H,21,23)/b13-10+/t15-/m1/s1. The summed E-state index contributed by atoms with van der Waals surface area (Å²) >= 11 is 0. The van der Waals surface area contributed by atoms with Crippen LogP contribution in [0.2, 0.25) is 0 Å². The quantitative estimate of drug-likeness (QED) is 0.622. The number of rotatable bonds is 7. The molecule has 1 atom stereocenters. The second kappa shape index (κ2) is 9.27. The Labute approximate surface area is 147 Å². The lowest BCUT2D eigenvalue weighted by atomic mass is 10.2. The first-order chi connectivity index (χ1) is 12.1. The monoisotopic (exact) mass is 339 g/mol. The number of esters is 1. The van der Waals surface area contributed by atoms with Gasteiger partial charge in [0.1, 0.15) is 5.75 Å². The zero-order valence-corrected chi connectivity index (χ0v) is 14.3. The van der Waals surface area contributed by atoms with E-state index in [1.165, 1.54) is 13.0 Å². The molecule has 0 spiro atoms. The number of ether oxygens (including phenoxy) is 2. The van der Waals surface area contributed by atoms with Gasteiger partial charge in [-0.25, -0.2) is 4.79 Å². The fraction of sp³-hybridized carbons (Fsp3) is 0.200. The molecule has 0 fully saturated rings. The van der Waals surface area contributed by atoms with Crippen LogP contribution in [0.3, 0.4) is 0 Å². The molecule has 5 nitrogen and oxygen atoms in total. The minimum absolute atomic E-state index is 0.350. The van der Waals surface area contributed by atoms with Crippen LogP contribution in [0.1, 0.15) is 18.1 Å². The Bertz CT molecular complexity index is 723. The number of hydrogen-bond acceptors (Lipinski definition) is 4. The molecule has 0 heterocycles. The largest absolute Gasteiger partial charge is 0.497 e. The summed E-state index contributed by atoms with van der Waals surface area (Å²) in [7, 11) is 1.60. The minimum Gasteiger partial charge on any atom is -0.497 e. The van der Waals surface area contributed by atoms with Crippen molar-refractivity contribution in [1.29, 1.82) is 0 Å². The number of methoxy groups -OCH3 is 1. The van der Waals surface area contributed by atoms with Gasteiger partial charge in [-0.05, 0) is 36.3 Å². The second-order valence-corrected chi connectivity index (χ2v) is 5.39. The molecule has 2 aromatic carbocycles. The fourth-order valence-electron chi connectivity index (χ4n) is 2.07. The fourth-order valence-corrected chi connectivity index (χ4v) is 2.07. The molecule has 0 saturated carbocycles. The van der Waals surface area contributed by atoms with Crippen LogP contribution in [0.25, 0.3) is 6.08 Å². The molecule has 0 aliphatic heterocycles. The highest BCUT2D eigenvalue weighted by atomic mass is 16.5. The van der Waals surface area contributed by atoms with E-state index in [0.717, 1.165) is 16.9 Å². The van der Waals surface area contributed by atoms with Crippen LogP contribution in [-0.2, 0) is 20.9 Å². The highest BCUT2D eigenvalue weighted by Crippen LogP contribution is 2.11. The van der Waals surface area contributed by atoms with Gasteiger partial charge in [-0.3, -0.25) is 4.79 Å². The third-order valence-corrected chi connectivity index (χ3v) is 3.50. The predicted octanol–water partition coefficient (Wildman–Crippen LogP) is 2.96. The van der Waals surface area contributed by atoms with Crippen molar-refractivity contribution in [3.63, 3.8) is 0 Å². The van der Waals surface area contributed by atoms with Gasteiger partial charge in [-0.2, -0.15) is 0 Å². The molecule has 0 bridgehead atoms. The lowest BCUT2D eigenvalue weighted by molar-refractivity contribution is -0.150. The van der Waals surface area contributed by atoms with Gasteiger partial charge in [0, 0.05) is 12.6 Å². The van der Waals surface area contributed by atoms with Crippen molar-refractivity contribution in [1.82, 2.24) is 5.32 Å². The van der Waals surface area contributed by atoms with Gasteiger partial charge in [-0.15, -0.1) is 0 Å². The molecule has 0 aliphatic rings. The van der Waals surface area contributed by atoms with Gasteiger partial charge in [0.15, 0.2) is 6.10 Å². The van der Waals surface area contributed by atoms with Gasteiger partial charge < -0.3 is 14.8 Å². The smallest absolute Gasteiger partial charge is 0.331 e. The molecular formula is C20H21NO4. The van der Waals surface area contributed by atoms with E-state index in [4.69, 9.17) is 9.47 Å². The van der Waals surface area contributed by atoms with Crippen molar-refractivity contribution in [3.8, 4) is 5.75 Å². The average Bonchev–Trinajstić information content (AvgIpc) is 2.65. The maximum atomic E-state index is 12.0. The number of hydrogen-bond donors (Lipinski definition) is 1. The Morgan fingerprint density at radius 3 is 2.40 bits per heavy atom. The first kappa shape index (κ1) is 18.3. The molecule has 0 radical (unpaired) electrons. The van der Waals surface area contributed by atoms with Gasteiger partial charge >= 0.3 is 5.97 Å². The molecule has 5 heteroatoms. The van der Waals surface area contributed by atoms with Crippen LogP contribution in [-0.4, -0.2) is 25.1 Å². The van der Waals surface area contributed by atoms with Gasteiger partial charge in [0.05, 0.1) is 7.11 Å². The van der Waals surface area contributed by atoms with Crippen LogP contribution in [0.15, 0.2) is 60.7 Å². The molecule has 25 heavy (non-hydrogen) atoms. The van der Waals surface area contributed by atoms with Crippen molar-refractivity contribution in [2.24, 2.45) is 0 Å². The van der Waals surface area contributed by atoms with E-state index in [-0.39, 0.29) is 5.91 Å². The normalized spacial score (nSPS) is 11.8. The van der Waals surface area contributed by atoms with Crippen LogP contribution >= 0.6 is 0 Å². The van der Waals surface area contributed by atoms with E-state index in [9.17, 15) is 9.59 Å². The molecule has 130 valence electrons. The minimum atomic E-state index is -0.869. The third kappa shape index (κ3) is 6.14. The summed E-state index contributed by atoms with van der Waals surface area (Å²) in [6.45, 7) is 1.89. The molecule has 0 aromatic heterocycles. The summed E-state index contributed by atoms with van der Waals surface area (Å²) in [5.41, 5.74) is 1.81. The molecule has 0 saturated heterocycles.